The van der Waals surface area contributed by atoms with Crippen molar-refractivity contribution in [2.45, 2.75) is 37.2 Å². The number of esters is 1. The Kier molecular flexibility index (Phi) is 3.51. The third-order valence-corrected chi connectivity index (χ3v) is 3.69. The van der Waals surface area contributed by atoms with E-state index in [9.17, 15) is 13.2 Å². The highest BCUT2D eigenvalue weighted by atomic mass is 32.2. The second kappa shape index (κ2) is 4.75. The topological polar surface area (TPSA) is 95.7 Å². The summed E-state index contributed by atoms with van der Waals surface area (Å²) in [5, 5.41) is 5.09. The lowest BCUT2D eigenvalue weighted by Gasteiger charge is -2.21. The van der Waals surface area contributed by atoms with Gasteiger partial charge in [-0.2, -0.15) is 0 Å². The predicted octanol–water partition coefficient (Wildman–Crippen LogP) is 1.15. The number of sulfonamides is 1. The quantitative estimate of drug-likeness (QED) is 0.826. The second-order valence-corrected chi connectivity index (χ2v) is 7.20. The van der Waals surface area contributed by atoms with Crippen LogP contribution in [0.1, 0.15) is 32.3 Å². The molecule has 0 aromatic heterocycles. The average Bonchev–Trinajstić information content (AvgIpc) is 2.67. The molecule has 0 radical (unpaired) electrons. The summed E-state index contributed by atoms with van der Waals surface area (Å²) >= 11 is 0. The highest BCUT2D eigenvalue weighted by Gasteiger charge is 2.34. The molecule has 1 unspecified atom stereocenters. The molecule has 1 atom stereocenters. The third kappa shape index (κ3) is 3.10. The highest BCUT2D eigenvalue weighted by molar-refractivity contribution is 7.89. The van der Waals surface area contributed by atoms with Crippen LogP contribution in [0.15, 0.2) is 23.1 Å². The molecule has 1 aromatic carbocycles. The number of nitrogens with two attached hydrogens (primary N) is 1. The molecule has 0 fully saturated rings. The van der Waals surface area contributed by atoms with Crippen molar-refractivity contribution in [3.63, 3.8) is 0 Å². The lowest BCUT2D eigenvalue weighted by atomic mass is 10.0. The third-order valence-electron chi connectivity index (χ3n) is 2.78. The van der Waals surface area contributed by atoms with Crippen molar-refractivity contribution in [2.75, 3.05) is 6.61 Å². The van der Waals surface area contributed by atoms with Gasteiger partial charge in [0.15, 0.2) is 0 Å². The zero-order chi connectivity index (χ0) is 15.1. The van der Waals surface area contributed by atoms with E-state index in [0.29, 0.717) is 11.3 Å². The molecule has 2 N–H and O–H groups in total. The number of benzene rings is 1. The zero-order valence-electron chi connectivity index (χ0n) is 11.5. The van der Waals surface area contributed by atoms with Gasteiger partial charge in [0.05, 0.1) is 4.90 Å². The molecular weight excluding hydrogens is 282 g/mol. The van der Waals surface area contributed by atoms with Gasteiger partial charge >= 0.3 is 5.97 Å². The van der Waals surface area contributed by atoms with Crippen molar-refractivity contribution < 1.29 is 22.7 Å². The molecule has 0 amide bonds. The fourth-order valence-electron chi connectivity index (χ4n) is 1.94. The van der Waals surface area contributed by atoms with Gasteiger partial charge in [0.1, 0.15) is 23.9 Å². The van der Waals surface area contributed by atoms with Crippen LogP contribution in [0.25, 0.3) is 0 Å². The summed E-state index contributed by atoms with van der Waals surface area (Å²) in [7, 11) is -3.82. The van der Waals surface area contributed by atoms with Gasteiger partial charge in [-0.3, -0.25) is 4.79 Å². The van der Waals surface area contributed by atoms with Crippen LogP contribution in [0.5, 0.6) is 5.75 Å². The Balaban J connectivity index is 2.34. The Morgan fingerprint density at radius 1 is 1.40 bits per heavy atom. The van der Waals surface area contributed by atoms with Crippen molar-refractivity contribution in [3.05, 3.63) is 23.8 Å². The van der Waals surface area contributed by atoms with Crippen molar-refractivity contribution in [1.29, 1.82) is 0 Å². The second-order valence-electron chi connectivity index (χ2n) is 5.64. The van der Waals surface area contributed by atoms with Gasteiger partial charge in [0.2, 0.25) is 10.0 Å². The molecule has 2 rings (SSSR count). The van der Waals surface area contributed by atoms with Gasteiger partial charge in [-0.1, -0.05) is 0 Å². The summed E-state index contributed by atoms with van der Waals surface area (Å²) in [4.78, 5) is 12.1. The van der Waals surface area contributed by atoms with Crippen LogP contribution in [0.4, 0.5) is 0 Å². The Morgan fingerprint density at radius 2 is 2.05 bits per heavy atom. The van der Waals surface area contributed by atoms with Crippen molar-refractivity contribution in [2.24, 2.45) is 5.14 Å². The monoisotopic (exact) mass is 299 g/mol. The fourth-order valence-corrected chi connectivity index (χ4v) is 2.49. The first-order chi connectivity index (χ1) is 9.08. The van der Waals surface area contributed by atoms with Crippen LogP contribution >= 0.6 is 0 Å². The molecule has 6 nitrogen and oxygen atoms in total. The van der Waals surface area contributed by atoms with Gasteiger partial charge < -0.3 is 9.47 Å². The van der Waals surface area contributed by atoms with Crippen LogP contribution in [0.2, 0.25) is 0 Å². The molecule has 0 bridgehead atoms. The van der Waals surface area contributed by atoms with Crippen LogP contribution in [0.3, 0.4) is 0 Å². The van der Waals surface area contributed by atoms with Crippen LogP contribution < -0.4 is 9.88 Å². The maximum Gasteiger partial charge on any atom is 0.317 e. The van der Waals surface area contributed by atoms with E-state index < -0.39 is 27.5 Å². The summed E-state index contributed by atoms with van der Waals surface area (Å²) < 4.78 is 33.4. The molecule has 0 aliphatic carbocycles. The molecule has 1 aliphatic heterocycles. The predicted molar refractivity (Wildman–Crippen MR) is 71.9 cm³/mol. The average molecular weight is 299 g/mol. The number of fused-ring (bicyclic) bond motifs is 1. The van der Waals surface area contributed by atoms with E-state index in [1.165, 1.54) is 18.2 Å². The highest BCUT2D eigenvalue weighted by Crippen LogP contribution is 2.36. The van der Waals surface area contributed by atoms with Gasteiger partial charge in [0, 0.05) is 5.56 Å². The van der Waals surface area contributed by atoms with Gasteiger partial charge in [-0.05, 0) is 39.0 Å². The molecule has 20 heavy (non-hydrogen) atoms. The molecule has 1 aromatic rings. The van der Waals surface area contributed by atoms with E-state index in [-0.39, 0.29) is 11.5 Å². The molecule has 1 heterocycles. The molecule has 110 valence electrons. The van der Waals surface area contributed by atoms with Crippen LogP contribution in [-0.4, -0.2) is 26.6 Å². The Morgan fingerprint density at radius 3 is 2.60 bits per heavy atom. The Bertz CT molecular complexity index is 645. The van der Waals surface area contributed by atoms with Crippen molar-refractivity contribution in [1.82, 2.24) is 0 Å². The smallest absolute Gasteiger partial charge is 0.317 e. The maximum absolute atomic E-state index is 12.1. The minimum atomic E-state index is -3.82. The van der Waals surface area contributed by atoms with E-state index in [0.717, 1.165) is 0 Å². The number of primary sulfonamides is 1. The van der Waals surface area contributed by atoms with Crippen LogP contribution in [-0.2, 0) is 19.6 Å². The summed E-state index contributed by atoms with van der Waals surface area (Å²) in [6.07, 6.45) is 0. The van der Waals surface area contributed by atoms with E-state index in [1.807, 2.05) is 0 Å². The number of hydrogen-bond donors (Lipinski definition) is 1. The lowest BCUT2D eigenvalue weighted by Crippen LogP contribution is -2.28. The molecule has 7 heteroatoms. The molecule has 0 saturated carbocycles. The lowest BCUT2D eigenvalue weighted by molar-refractivity contribution is -0.156. The van der Waals surface area contributed by atoms with E-state index in [2.05, 4.69) is 0 Å². The minimum absolute atomic E-state index is 0.0460. The number of rotatable bonds is 2. The Hall–Kier alpha value is -1.60. The minimum Gasteiger partial charge on any atom is -0.492 e. The SMILES string of the molecule is CC(C)(C)OC(=O)C1COc2ccc(S(N)(=O)=O)cc21. The zero-order valence-corrected chi connectivity index (χ0v) is 12.4. The largest absolute Gasteiger partial charge is 0.492 e. The van der Waals surface area contributed by atoms with Gasteiger partial charge in [-0.15, -0.1) is 0 Å². The van der Waals surface area contributed by atoms with Crippen molar-refractivity contribution in [3.8, 4) is 5.75 Å². The number of carbonyl (C=O) groups is 1. The molecule has 1 aliphatic rings. The van der Waals surface area contributed by atoms with Crippen molar-refractivity contribution >= 4 is 16.0 Å². The molecular formula is C13H17NO5S. The first-order valence-corrected chi connectivity index (χ1v) is 7.65. The first kappa shape index (κ1) is 14.8. The van der Waals surface area contributed by atoms with Crippen LogP contribution in [0, 0.1) is 0 Å². The van der Waals surface area contributed by atoms with E-state index in [1.54, 1.807) is 20.8 Å². The van der Waals surface area contributed by atoms with E-state index >= 15 is 0 Å². The summed E-state index contributed by atoms with van der Waals surface area (Å²) in [6.45, 7) is 5.44. The standard InChI is InChI=1S/C13H17NO5S/c1-13(2,3)19-12(15)10-7-18-11-5-4-8(6-9(10)11)20(14,16)17/h4-6,10H,7H2,1-3H3,(H2,14,16,17). The van der Waals surface area contributed by atoms with Gasteiger partial charge in [-0.25, -0.2) is 13.6 Å². The van der Waals surface area contributed by atoms with Gasteiger partial charge in [0.25, 0.3) is 0 Å². The summed E-state index contributed by atoms with van der Waals surface area (Å²) in [6, 6.07) is 4.22. The number of carbonyl (C=O) groups excluding carboxylic acids is 1. The maximum atomic E-state index is 12.1. The fraction of sp³-hybridized carbons (Fsp3) is 0.462. The Labute approximate surface area is 117 Å². The summed E-state index contributed by atoms with van der Waals surface area (Å²) in [5.74, 6) is -0.595. The molecule has 0 spiro atoms. The normalized spacial score (nSPS) is 18.3. The van der Waals surface area contributed by atoms with E-state index in [4.69, 9.17) is 14.6 Å². The first-order valence-electron chi connectivity index (χ1n) is 6.10. The number of ether oxygens (including phenoxy) is 2. The molecule has 0 saturated heterocycles. The number of hydrogen-bond acceptors (Lipinski definition) is 5. The summed E-state index contributed by atoms with van der Waals surface area (Å²) in [5.41, 5.74) is -0.122.